The van der Waals surface area contributed by atoms with Crippen LogP contribution in [0.2, 0.25) is 5.82 Å². The van der Waals surface area contributed by atoms with E-state index in [1.54, 1.807) is 42.7 Å². The fraction of sp³-hybridized carbons (Fsp3) is 0.200. The molecule has 0 fully saturated rings. The summed E-state index contributed by atoms with van der Waals surface area (Å²) in [6.45, 7) is 1.46. The van der Waals surface area contributed by atoms with Crippen molar-refractivity contribution in [3.05, 3.63) is 65.5 Å². The maximum Gasteiger partial charge on any atom is 0.526 e. The summed E-state index contributed by atoms with van der Waals surface area (Å²) in [7, 11) is -1.14. The number of benzene rings is 2. The van der Waals surface area contributed by atoms with Crippen LogP contribution in [0.5, 0.6) is 5.75 Å². The molecule has 0 aliphatic carbocycles. The Kier molecular flexibility index (Phi) is 4.45. The molecular weight excluding hydrogens is 343 g/mol. The first kappa shape index (κ1) is 17.4. The fourth-order valence-electron chi connectivity index (χ4n) is 3.43. The van der Waals surface area contributed by atoms with E-state index in [4.69, 9.17) is 4.65 Å². The van der Waals surface area contributed by atoms with Crippen LogP contribution >= 0.6 is 0 Å². The van der Waals surface area contributed by atoms with Gasteiger partial charge in [-0.15, -0.1) is 0 Å². The van der Waals surface area contributed by atoms with Crippen molar-refractivity contribution in [2.24, 2.45) is 0 Å². The molecule has 7 heteroatoms. The fourth-order valence-corrected chi connectivity index (χ4v) is 3.43. The average molecular weight is 360 g/mol. The summed E-state index contributed by atoms with van der Waals surface area (Å²) in [6, 6.07) is 10.5. The number of Topliss-reactive ketones (excluding diaryl/α,β-unsaturated/α-hetero) is 2. The zero-order valence-corrected chi connectivity index (χ0v) is 14.8. The number of aromatic nitrogens is 2. The summed E-state index contributed by atoms with van der Waals surface area (Å²) in [5, 5.41) is 10.4. The van der Waals surface area contributed by atoms with Crippen molar-refractivity contribution < 1.29 is 19.3 Å². The second-order valence-corrected chi connectivity index (χ2v) is 6.71. The van der Waals surface area contributed by atoms with E-state index in [1.165, 1.54) is 6.92 Å². The maximum atomic E-state index is 12.7. The van der Waals surface area contributed by atoms with Crippen molar-refractivity contribution in [2.45, 2.75) is 25.6 Å². The second-order valence-electron chi connectivity index (χ2n) is 6.71. The van der Waals surface area contributed by atoms with Crippen LogP contribution in [0.1, 0.15) is 39.6 Å². The maximum absolute atomic E-state index is 12.7. The Morgan fingerprint density at radius 2 is 1.96 bits per heavy atom. The highest BCUT2D eigenvalue weighted by Crippen LogP contribution is 2.36. The van der Waals surface area contributed by atoms with Gasteiger partial charge in [0, 0.05) is 30.2 Å². The highest BCUT2D eigenvalue weighted by molar-refractivity contribution is 6.47. The summed E-state index contributed by atoms with van der Waals surface area (Å²) < 4.78 is 5.60. The molecule has 1 atom stereocenters. The number of hydrogen-bond donors (Lipinski definition) is 1. The van der Waals surface area contributed by atoms with E-state index in [9.17, 15) is 14.6 Å². The predicted molar refractivity (Wildman–Crippen MR) is 101 cm³/mol. The van der Waals surface area contributed by atoms with Gasteiger partial charge in [-0.1, -0.05) is 12.1 Å². The molecule has 1 N–H and O–H groups in total. The van der Waals surface area contributed by atoms with E-state index in [0.717, 1.165) is 11.1 Å². The van der Waals surface area contributed by atoms with Crippen LogP contribution in [0.25, 0.3) is 11.0 Å². The molecule has 2 heterocycles. The second kappa shape index (κ2) is 6.93. The summed E-state index contributed by atoms with van der Waals surface area (Å²) in [5.74, 6) is -0.181. The average Bonchev–Trinajstić information content (AvgIpc) is 2.67. The van der Waals surface area contributed by atoms with Gasteiger partial charge in [0.2, 0.25) is 0 Å². The van der Waals surface area contributed by atoms with Crippen LogP contribution in [0.4, 0.5) is 0 Å². The molecule has 0 bridgehead atoms. The monoisotopic (exact) mass is 360 g/mol. The molecule has 0 saturated heterocycles. The predicted octanol–water partition coefficient (Wildman–Crippen LogP) is 2.89. The summed E-state index contributed by atoms with van der Waals surface area (Å²) in [4.78, 5) is 32.9. The van der Waals surface area contributed by atoms with Crippen LogP contribution in [0, 0.1) is 0 Å². The normalized spacial score (nSPS) is 15.9. The third-order valence-electron chi connectivity index (χ3n) is 4.84. The first-order valence-electron chi connectivity index (χ1n) is 8.74. The van der Waals surface area contributed by atoms with Crippen molar-refractivity contribution in [2.75, 3.05) is 0 Å². The van der Waals surface area contributed by atoms with Gasteiger partial charge in [0.1, 0.15) is 5.75 Å². The van der Waals surface area contributed by atoms with Crippen molar-refractivity contribution in [1.82, 2.24) is 9.97 Å². The lowest BCUT2D eigenvalue weighted by atomic mass is 9.64. The smallest absolute Gasteiger partial charge is 0.526 e. The van der Waals surface area contributed by atoms with E-state index in [1.807, 2.05) is 6.07 Å². The lowest BCUT2D eigenvalue weighted by Gasteiger charge is -2.28. The lowest BCUT2D eigenvalue weighted by molar-refractivity contribution is 0.0971. The molecule has 2 aromatic carbocycles. The Labute approximate surface area is 156 Å². The van der Waals surface area contributed by atoms with Crippen LogP contribution in [-0.2, 0) is 6.42 Å². The van der Waals surface area contributed by atoms with Crippen molar-refractivity contribution in [3.63, 3.8) is 0 Å². The number of carbonyl (C=O) groups excluding carboxylic acids is 2. The molecule has 3 aromatic rings. The zero-order valence-electron chi connectivity index (χ0n) is 14.8. The number of hydrogen-bond acceptors (Lipinski definition) is 6. The Morgan fingerprint density at radius 3 is 2.74 bits per heavy atom. The number of carbonyl (C=O) groups is 2. The minimum Gasteiger partial charge on any atom is -0.535 e. The van der Waals surface area contributed by atoms with Crippen LogP contribution in [0.15, 0.2) is 48.8 Å². The van der Waals surface area contributed by atoms with Gasteiger partial charge < -0.3 is 9.68 Å². The van der Waals surface area contributed by atoms with E-state index < -0.39 is 7.12 Å². The van der Waals surface area contributed by atoms with Crippen LogP contribution < -0.4 is 4.65 Å². The standard InChI is InChI=1S/C20H17BN2O4/c1-12(24)16-4-2-3-14-9-15(21(26)27-20(14)16)11-19(25)13-5-6-17-18(10-13)23-8-7-22-17/h2-8,10,15,26H,9,11H2,1H3/t15-/m1/s1. The minimum absolute atomic E-state index is 0.0959. The Hall–Kier alpha value is -3.06. The molecule has 1 aliphatic rings. The van der Waals surface area contributed by atoms with Gasteiger partial charge in [0.05, 0.1) is 16.6 Å². The van der Waals surface area contributed by atoms with Gasteiger partial charge in [-0.2, -0.15) is 0 Å². The zero-order chi connectivity index (χ0) is 19.0. The summed E-state index contributed by atoms with van der Waals surface area (Å²) >= 11 is 0. The Morgan fingerprint density at radius 1 is 1.19 bits per heavy atom. The number of ketones is 2. The highest BCUT2D eigenvalue weighted by Gasteiger charge is 2.37. The first-order chi connectivity index (χ1) is 13.0. The van der Waals surface area contributed by atoms with Gasteiger partial charge in [-0.05, 0) is 43.2 Å². The third-order valence-corrected chi connectivity index (χ3v) is 4.84. The van der Waals surface area contributed by atoms with Gasteiger partial charge in [0.25, 0.3) is 0 Å². The van der Waals surface area contributed by atoms with Crippen molar-refractivity contribution in [3.8, 4) is 5.75 Å². The first-order valence-corrected chi connectivity index (χ1v) is 8.74. The Balaban J connectivity index is 1.56. The minimum atomic E-state index is -1.14. The number of para-hydroxylation sites is 1. The van der Waals surface area contributed by atoms with E-state index in [2.05, 4.69) is 9.97 Å². The molecule has 134 valence electrons. The largest absolute Gasteiger partial charge is 0.535 e. The molecule has 1 aliphatic heterocycles. The molecule has 0 spiro atoms. The van der Waals surface area contributed by atoms with E-state index in [0.29, 0.717) is 28.8 Å². The molecule has 1 aromatic heterocycles. The SMILES string of the molecule is CC(=O)c1cccc2c1OB(O)[C@@H](CC(=O)c1ccc3nccnc3c1)C2. The lowest BCUT2D eigenvalue weighted by Crippen LogP contribution is -2.35. The number of fused-ring (bicyclic) bond motifs is 2. The molecule has 4 rings (SSSR count). The third kappa shape index (κ3) is 3.33. The van der Waals surface area contributed by atoms with Crippen LogP contribution in [-0.4, -0.2) is 33.7 Å². The number of rotatable bonds is 4. The van der Waals surface area contributed by atoms with Gasteiger partial charge in [-0.25, -0.2) is 0 Å². The summed E-state index contributed by atoms with van der Waals surface area (Å²) in [6.07, 6.45) is 3.79. The van der Waals surface area contributed by atoms with E-state index >= 15 is 0 Å². The molecule has 0 saturated carbocycles. The molecule has 27 heavy (non-hydrogen) atoms. The molecule has 0 amide bonds. The quantitative estimate of drug-likeness (QED) is 0.569. The Bertz CT molecular complexity index is 1050. The van der Waals surface area contributed by atoms with Gasteiger partial charge >= 0.3 is 7.12 Å². The molecule has 6 nitrogen and oxygen atoms in total. The van der Waals surface area contributed by atoms with Crippen molar-refractivity contribution in [1.29, 1.82) is 0 Å². The highest BCUT2D eigenvalue weighted by atomic mass is 16.5. The molecular formula is C20H17BN2O4. The van der Waals surface area contributed by atoms with Gasteiger partial charge in [0.15, 0.2) is 11.6 Å². The molecule has 0 radical (unpaired) electrons. The van der Waals surface area contributed by atoms with Crippen molar-refractivity contribution >= 4 is 29.7 Å². The topological polar surface area (TPSA) is 89.4 Å². The summed E-state index contributed by atoms with van der Waals surface area (Å²) in [5.41, 5.74) is 3.18. The van der Waals surface area contributed by atoms with Gasteiger partial charge in [-0.3, -0.25) is 19.6 Å². The number of nitrogens with zero attached hydrogens (tertiary/aromatic N) is 2. The molecule has 0 unspecified atom stereocenters. The van der Waals surface area contributed by atoms with E-state index in [-0.39, 0.29) is 23.8 Å². The van der Waals surface area contributed by atoms with Crippen LogP contribution in [0.3, 0.4) is 0 Å².